The fourth-order valence-electron chi connectivity index (χ4n) is 1.99. The van der Waals surface area contributed by atoms with Gasteiger partial charge in [0.25, 0.3) is 5.69 Å². The quantitative estimate of drug-likeness (QED) is 0.133. The van der Waals surface area contributed by atoms with Crippen molar-refractivity contribution in [3.63, 3.8) is 0 Å². The summed E-state index contributed by atoms with van der Waals surface area (Å²) in [6.45, 7) is 6.31. The number of rotatable bonds is 9. The number of para-hydroxylation sites is 2. The average Bonchev–Trinajstić information content (AvgIpc) is 2.52. The molecule has 1 atom stereocenters. The van der Waals surface area contributed by atoms with Crippen LogP contribution in [-0.4, -0.2) is 50.3 Å². The van der Waals surface area contributed by atoms with Crippen molar-refractivity contribution in [1.82, 2.24) is 10.6 Å². The summed E-state index contributed by atoms with van der Waals surface area (Å²) in [4.78, 5) is 15.0. The van der Waals surface area contributed by atoms with Gasteiger partial charge in [0.1, 0.15) is 5.69 Å². The van der Waals surface area contributed by atoms with Gasteiger partial charge < -0.3 is 20.7 Å². The Bertz CT molecular complexity index is 528. The first kappa shape index (κ1) is 22.4. The largest absolute Gasteiger partial charge is 0.383 e. The van der Waals surface area contributed by atoms with E-state index in [0.29, 0.717) is 31.3 Å². The number of nitrogens with zero attached hydrogens (tertiary/aromatic N) is 2. The van der Waals surface area contributed by atoms with Crippen LogP contribution in [0.4, 0.5) is 11.4 Å². The van der Waals surface area contributed by atoms with Crippen LogP contribution >= 0.6 is 24.0 Å². The number of methoxy groups -OCH3 is 1. The van der Waals surface area contributed by atoms with E-state index in [4.69, 9.17) is 4.74 Å². The first-order valence-corrected chi connectivity index (χ1v) is 7.59. The molecule has 0 heterocycles. The molecule has 1 aromatic carbocycles. The second-order valence-corrected chi connectivity index (χ2v) is 4.96. The molecule has 24 heavy (non-hydrogen) atoms. The van der Waals surface area contributed by atoms with Crippen molar-refractivity contribution < 1.29 is 9.66 Å². The molecule has 0 amide bonds. The van der Waals surface area contributed by atoms with E-state index >= 15 is 0 Å². The first-order chi connectivity index (χ1) is 11.1. The molecule has 0 saturated heterocycles. The van der Waals surface area contributed by atoms with Gasteiger partial charge in [-0.2, -0.15) is 0 Å². The van der Waals surface area contributed by atoms with Crippen molar-refractivity contribution in [2.24, 2.45) is 4.99 Å². The summed E-state index contributed by atoms with van der Waals surface area (Å²) in [7, 11) is 1.65. The molecule has 0 aliphatic heterocycles. The maximum atomic E-state index is 10.9. The standard InChI is InChI=1S/C15H25N5O3.HI/c1-4-16-15(19-12(2)11-23-3)18-10-9-17-13-7-5-6-8-14(13)20(21)22;/h5-8,12,17H,4,9-11H2,1-3H3,(H2,16,18,19);1H. The number of anilines is 1. The predicted molar refractivity (Wildman–Crippen MR) is 107 cm³/mol. The molecule has 1 aromatic rings. The topological polar surface area (TPSA) is 101 Å². The molecule has 0 radical (unpaired) electrons. The zero-order chi connectivity index (χ0) is 17.1. The molecular weight excluding hydrogens is 425 g/mol. The summed E-state index contributed by atoms with van der Waals surface area (Å²) >= 11 is 0. The zero-order valence-electron chi connectivity index (χ0n) is 14.2. The molecule has 8 nitrogen and oxygen atoms in total. The molecule has 0 aliphatic carbocycles. The Labute approximate surface area is 159 Å². The van der Waals surface area contributed by atoms with Gasteiger partial charge in [-0.25, -0.2) is 0 Å². The fraction of sp³-hybridized carbons (Fsp3) is 0.533. The maximum absolute atomic E-state index is 10.9. The van der Waals surface area contributed by atoms with Crippen LogP contribution < -0.4 is 16.0 Å². The van der Waals surface area contributed by atoms with Crippen LogP contribution in [0, 0.1) is 10.1 Å². The Kier molecular flexibility index (Phi) is 11.9. The van der Waals surface area contributed by atoms with Gasteiger partial charge in [-0.3, -0.25) is 15.1 Å². The highest BCUT2D eigenvalue weighted by atomic mass is 127. The lowest BCUT2D eigenvalue weighted by Crippen LogP contribution is -2.44. The Morgan fingerprint density at radius 2 is 2.12 bits per heavy atom. The number of nitro groups is 1. The zero-order valence-corrected chi connectivity index (χ0v) is 16.6. The van der Waals surface area contributed by atoms with Gasteiger partial charge in [0.2, 0.25) is 0 Å². The minimum Gasteiger partial charge on any atom is -0.383 e. The number of aliphatic imine (C=N–C) groups is 1. The SMILES string of the molecule is CCNC(=NCCNc1ccccc1[N+](=O)[O-])NC(C)COC.I. The van der Waals surface area contributed by atoms with Crippen molar-refractivity contribution in [2.75, 3.05) is 38.7 Å². The molecule has 0 aliphatic rings. The highest BCUT2D eigenvalue weighted by Gasteiger charge is 2.11. The number of nitro benzene ring substituents is 1. The Hall–Kier alpha value is -1.62. The second kappa shape index (κ2) is 12.8. The van der Waals surface area contributed by atoms with E-state index in [1.54, 1.807) is 25.3 Å². The number of hydrogen-bond acceptors (Lipinski definition) is 5. The molecule has 0 fully saturated rings. The predicted octanol–water partition coefficient (Wildman–Crippen LogP) is 2.21. The summed E-state index contributed by atoms with van der Waals surface area (Å²) < 4.78 is 5.08. The van der Waals surface area contributed by atoms with Gasteiger partial charge in [0.15, 0.2) is 5.96 Å². The number of halogens is 1. The van der Waals surface area contributed by atoms with E-state index in [-0.39, 0.29) is 35.7 Å². The minimum absolute atomic E-state index is 0. The smallest absolute Gasteiger partial charge is 0.292 e. The molecule has 0 saturated carbocycles. The van der Waals surface area contributed by atoms with Crippen LogP contribution in [0.5, 0.6) is 0 Å². The third-order valence-electron chi connectivity index (χ3n) is 2.94. The summed E-state index contributed by atoms with van der Waals surface area (Å²) in [5, 5.41) is 20.4. The van der Waals surface area contributed by atoms with E-state index in [2.05, 4.69) is 20.9 Å². The lowest BCUT2D eigenvalue weighted by Gasteiger charge is -2.17. The molecule has 9 heteroatoms. The maximum Gasteiger partial charge on any atom is 0.292 e. The third-order valence-corrected chi connectivity index (χ3v) is 2.94. The number of nitrogens with one attached hydrogen (secondary N) is 3. The van der Waals surface area contributed by atoms with Crippen molar-refractivity contribution in [3.05, 3.63) is 34.4 Å². The summed E-state index contributed by atoms with van der Waals surface area (Å²) in [6, 6.07) is 6.71. The van der Waals surface area contributed by atoms with Crippen LogP contribution in [-0.2, 0) is 4.74 Å². The first-order valence-electron chi connectivity index (χ1n) is 7.59. The Morgan fingerprint density at radius 1 is 1.42 bits per heavy atom. The number of ether oxygens (including phenoxy) is 1. The van der Waals surface area contributed by atoms with Gasteiger partial charge >= 0.3 is 0 Å². The number of guanidine groups is 1. The van der Waals surface area contributed by atoms with E-state index in [1.807, 2.05) is 13.8 Å². The normalized spacial score (nSPS) is 12.0. The minimum atomic E-state index is -0.399. The molecule has 1 rings (SSSR count). The van der Waals surface area contributed by atoms with Crippen LogP contribution in [0.2, 0.25) is 0 Å². The second-order valence-electron chi connectivity index (χ2n) is 4.96. The average molecular weight is 451 g/mol. The third kappa shape index (κ3) is 8.29. The Morgan fingerprint density at radius 3 is 2.75 bits per heavy atom. The lowest BCUT2D eigenvalue weighted by molar-refractivity contribution is -0.384. The van der Waals surface area contributed by atoms with Gasteiger partial charge in [-0.1, -0.05) is 12.1 Å². The number of hydrogen-bond donors (Lipinski definition) is 3. The van der Waals surface area contributed by atoms with E-state index in [9.17, 15) is 10.1 Å². The molecule has 0 bridgehead atoms. The van der Waals surface area contributed by atoms with Crippen LogP contribution in [0.1, 0.15) is 13.8 Å². The monoisotopic (exact) mass is 451 g/mol. The van der Waals surface area contributed by atoms with Gasteiger partial charge in [0, 0.05) is 32.3 Å². The Balaban J connectivity index is 0.00000529. The van der Waals surface area contributed by atoms with Gasteiger partial charge in [-0.05, 0) is 19.9 Å². The van der Waals surface area contributed by atoms with Crippen molar-refractivity contribution in [3.8, 4) is 0 Å². The van der Waals surface area contributed by atoms with Crippen LogP contribution in [0.15, 0.2) is 29.3 Å². The molecule has 0 aromatic heterocycles. The van der Waals surface area contributed by atoms with Crippen molar-refractivity contribution in [1.29, 1.82) is 0 Å². The van der Waals surface area contributed by atoms with Crippen LogP contribution in [0.3, 0.4) is 0 Å². The molecule has 3 N–H and O–H groups in total. The van der Waals surface area contributed by atoms with Gasteiger partial charge in [0.05, 0.1) is 18.1 Å². The molecule has 136 valence electrons. The van der Waals surface area contributed by atoms with Crippen LogP contribution in [0.25, 0.3) is 0 Å². The summed E-state index contributed by atoms with van der Waals surface area (Å²) in [5.74, 6) is 0.696. The van der Waals surface area contributed by atoms with E-state index < -0.39 is 4.92 Å². The number of benzene rings is 1. The lowest BCUT2D eigenvalue weighted by atomic mass is 10.2. The molecular formula is C15H26IN5O3. The molecule has 1 unspecified atom stereocenters. The molecule has 0 spiro atoms. The fourth-order valence-corrected chi connectivity index (χ4v) is 1.99. The van der Waals surface area contributed by atoms with Crippen molar-refractivity contribution in [2.45, 2.75) is 19.9 Å². The summed E-state index contributed by atoms with van der Waals surface area (Å²) in [5.41, 5.74) is 0.564. The van der Waals surface area contributed by atoms with Crippen molar-refractivity contribution >= 4 is 41.3 Å². The summed E-state index contributed by atoms with van der Waals surface area (Å²) in [6.07, 6.45) is 0. The van der Waals surface area contributed by atoms with E-state index in [1.165, 1.54) is 6.07 Å². The highest BCUT2D eigenvalue weighted by Crippen LogP contribution is 2.22. The highest BCUT2D eigenvalue weighted by molar-refractivity contribution is 14.0. The van der Waals surface area contributed by atoms with E-state index in [0.717, 1.165) is 6.54 Å². The van der Waals surface area contributed by atoms with Gasteiger partial charge in [-0.15, -0.1) is 24.0 Å².